The fourth-order valence-corrected chi connectivity index (χ4v) is 2.27. The summed E-state index contributed by atoms with van der Waals surface area (Å²) < 4.78 is 5.86. The maximum absolute atomic E-state index is 7.57. The molecular formula is C15H23ClN2O. The first kappa shape index (κ1) is 15.8. The SMILES string of the molecule is CCCCCCC(C)Oc1cccc(Cl)c1C(=N)N. The van der Waals surface area contributed by atoms with Crippen molar-refractivity contribution in [3.8, 4) is 5.75 Å². The highest BCUT2D eigenvalue weighted by Gasteiger charge is 2.13. The molecule has 3 N–H and O–H groups in total. The Morgan fingerprint density at radius 2 is 2.11 bits per heavy atom. The maximum atomic E-state index is 7.57. The lowest BCUT2D eigenvalue weighted by molar-refractivity contribution is 0.206. The van der Waals surface area contributed by atoms with E-state index >= 15 is 0 Å². The highest BCUT2D eigenvalue weighted by molar-refractivity contribution is 6.34. The van der Waals surface area contributed by atoms with Gasteiger partial charge in [0, 0.05) is 0 Å². The maximum Gasteiger partial charge on any atom is 0.132 e. The zero-order valence-corrected chi connectivity index (χ0v) is 12.5. The molecule has 0 radical (unpaired) electrons. The van der Waals surface area contributed by atoms with Crippen molar-refractivity contribution in [2.24, 2.45) is 5.73 Å². The second-order valence-electron chi connectivity index (χ2n) is 4.80. The molecule has 0 saturated heterocycles. The van der Waals surface area contributed by atoms with Crippen molar-refractivity contribution in [3.05, 3.63) is 28.8 Å². The Morgan fingerprint density at radius 3 is 2.74 bits per heavy atom. The Bertz CT molecular complexity index is 421. The van der Waals surface area contributed by atoms with Gasteiger partial charge in [-0.2, -0.15) is 0 Å². The molecule has 0 bridgehead atoms. The summed E-state index contributed by atoms with van der Waals surface area (Å²) in [5.41, 5.74) is 6.04. The number of halogens is 1. The van der Waals surface area contributed by atoms with Gasteiger partial charge in [0.25, 0.3) is 0 Å². The first-order valence-corrected chi connectivity index (χ1v) is 7.23. The molecule has 4 heteroatoms. The van der Waals surface area contributed by atoms with Gasteiger partial charge < -0.3 is 10.5 Å². The lowest BCUT2D eigenvalue weighted by Crippen LogP contribution is -2.17. The summed E-state index contributed by atoms with van der Waals surface area (Å²) in [5, 5.41) is 8.03. The first-order valence-electron chi connectivity index (χ1n) is 6.85. The number of hydrogen-bond donors (Lipinski definition) is 2. The Morgan fingerprint density at radius 1 is 1.37 bits per heavy atom. The van der Waals surface area contributed by atoms with Crippen molar-refractivity contribution >= 4 is 17.4 Å². The minimum Gasteiger partial charge on any atom is -0.490 e. The van der Waals surface area contributed by atoms with Crippen LogP contribution in [-0.2, 0) is 0 Å². The van der Waals surface area contributed by atoms with Crippen molar-refractivity contribution in [2.75, 3.05) is 0 Å². The molecule has 3 nitrogen and oxygen atoms in total. The molecule has 0 spiro atoms. The summed E-state index contributed by atoms with van der Waals surface area (Å²) in [6.07, 6.45) is 6.00. The molecule has 1 atom stereocenters. The summed E-state index contributed by atoms with van der Waals surface area (Å²) >= 11 is 6.05. The minimum atomic E-state index is -0.0567. The molecule has 0 aliphatic heterocycles. The zero-order chi connectivity index (χ0) is 14.3. The fourth-order valence-electron chi connectivity index (χ4n) is 2.00. The molecule has 0 saturated carbocycles. The Hall–Kier alpha value is -1.22. The Kier molecular flexibility index (Phi) is 6.71. The molecule has 0 heterocycles. The van der Waals surface area contributed by atoms with Gasteiger partial charge in [0.1, 0.15) is 11.6 Å². The van der Waals surface area contributed by atoms with Gasteiger partial charge in [0.05, 0.1) is 16.7 Å². The highest BCUT2D eigenvalue weighted by atomic mass is 35.5. The van der Waals surface area contributed by atoms with Gasteiger partial charge in [-0.3, -0.25) is 5.41 Å². The number of rotatable bonds is 8. The molecule has 106 valence electrons. The highest BCUT2D eigenvalue weighted by Crippen LogP contribution is 2.27. The third-order valence-corrected chi connectivity index (χ3v) is 3.35. The van der Waals surface area contributed by atoms with Crippen molar-refractivity contribution in [3.63, 3.8) is 0 Å². The van der Waals surface area contributed by atoms with Crippen molar-refractivity contribution in [2.45, 2.75) is 52.1 Å². The summed E-state index contributed by atoms with van der Waals surface area (Å²) in [6, 6.07) is 5.34. The normalized spacial score (nSPS) is 12.2. The van der Waals surface area contributed by atoms with Gasteiger partial charge in [0.15, 0.2) is 0 Å². The van der Waals surface area contributed by atoms with E-state index in [1.807, 2.05) is 19.1 Å². The van der Waals surface area contributed by atoms with Crippen LogP contribution in [0.3, 0.4) is 0 Å². The summed E-state index contributed by atoms with van der Waals surface area (Å²) in [4.78, 5) is 0. The molecule has 1 aromatic rings. The van der Waals surface area contributed by atoms with E-state index in [0.717, 1.165) is 12.8 Å². The van der Waals surface area contributed by atoms with Crippen molar-refractivity contribution in [1.82, 2.24) is 0 Å². The van der Waals surface area contributed by atoms with E-state index in [9.17, 15) is 0 Å². The van der Waals surface area contributed by atoms with Crippen LogP contribution in [0.1, 0.15) is 51.5 Å². The first-order chi connectivity index (χ1) is 9.06. The fraction of sp³-hybridized carbons (Fsp3) is 0.533. The summed E-state index contributed by atoms with van der Waals surface area (Å²) in [5.74, 6) is 0.543. The Labute approximate surface area is 120 Å². The zero-order valence-electron chi connectivity index (χ0n) is 11.7. The number of nitrogen functional groups attached to an aromatic ring is 1. The number of unbranched alkanes of at least 4 members (excludes halogenated alkanes) is 3. The van der Waals surface area contributed by atoms with E-state index in [1.54, 1.807) is 6.07 Å². The van der Waals surface area contributed by atoms with Gasteiger partial charge >= 0.3 is 0 Å². The van der Waals surface area contributed by atoms with E-state index in [2.05, 4.69) is 6.92 Å². The van der Waals surface area contributed by atoms with Crippen LogP contribution >= 0.6 is 11.6 Å². The molecule has 0 fully saturated rings. The second-order valence-corrected chi connectivity index (χ2v) is 5.21. The predicted octanol–water partition coefficient (Wildman–Crippen LogP) is 4.36. The number of hydrogen-bond acceptors (Lipinski definition) is 2. The van der Waals surface area contributed by atoms with Gasteiger partial charge in [-0.1, -0.05) is 43.9 Å². The molecule has 19 heavy (non-hydrogen) atoms. The summed E-state index contributed by atoms with van der Waals surface area (Å²) in [7, 11) is 0. The van der Waals surface area contributed by atoms with Crippen LogP contribution in [0.4, 0.5) is 0 Å². The lowest BCUT2D eigenvalue weighted by Gasteiger charge is -2.17. The molecule has 0 aliphatic rings. The van der Waals surface area contributed by atoms with Crippen LogP contribution in [0.2, 0.25) is 5.02 Å². The van der Waals surface area contributed by atoms with Crippen molar-refractivity contribution < 1.29 is 4.74 Å². The minimum absolute atomic E-state index is 0.0567. The molecule has 1 aromatic carbocycles. The van der Waals surface area contributed by atoms with Crippen LogP contribution < -0.4 is 10.5 Å². The van der Waals surface area contributed by atoms with E-state index in [4.69, 9.17) is 27.5 Å². The van der Waals surface area contributed by atoms with Crippen LogP contribution in [0.5, 0.6) is 5.75 Å². The Balaban J connectivity index is 2.61. The van der Waals surface area contributed by atoms with E-state index < -0.39 is 0 Å². The van der Waals surface area contributed by atoms with Crippen LogP contribution in [0.15, 0.2) is 18.2 Å². The number of nitrogens with two attached hydrogens (primary N) is 1. The van der Waals surface area contributed by atoms with E-state index in [1.165, 1.54) is 19.3 Å². The molecule has 1 unspecified atom stereocenters. The number of benzene rings is 1. The monoisotopic (exact) mass is 282 g/mol. The standard InChI is InChI=1S/C15H23ClN2O/c1-3-4-5-6-8-11(2)19-13-10-7-9-12(16)14(13)15(17)18/h7,9-11H,3-6,8H2,1-2H3,(H3,17,18). The summed E-state index contributed by atoms with van der Waals surface area (Å²) in [6.45, 7) is 4.24. The van der Waals surface area contributed by atoms with Crippen LogP contribution in [-0.4, -0.2) is 11.9 Å². The quantitative estimate of drug-likeness (QED) is 0.423. The smallest absolute Gasteiger partial charge is 0.132 e. The average Bonchev–Trinajstić information content (AvgIpc) is 2.34. The molecule has 1 rings (SSSR count). The van der Waals surface area contributed by atoms with Crippen molar-refractivity contribution in [1.29, 1.82) is 5.41 Å². The van der Waals surface area contributed by atoms with Gasteiger partial charge in [-0.25, -0.2) is 0 Å². The molecule has 0 amide bonds. The van der Waals surface area contributed by atoms with E-state index in [-0.39, 0.29) is 11.9 Å². The number of ether oxygens (including phenoxy) is 1. The molecular weight excluding hydrogens is 260 g/mol. The topological polar surface area (TPSA) is 59.1 Å². The second kappa shape index (κ2) is 8.05. The third-order valence-electron chi connectivity index (χ3n) is 3.04. The van der Waals surface area contributed by atoms with Crippen LogP contribution in [0.25, 0.3) is 0 Å². The van der Waals surface area contributed by atoms with Gasteiger partial charge in [-0.05, 0) is 31.9 Å². The molecule has 0 aliphatic carbocycles. The predicted molar refractivity (Wildman–Crippen MR) is 81.3 cm³/mol. The van der Waals surface area contributed by atoms with E-state index in [0.29, 0.717) is 16.3 Å². The number of nitrogens with one attached hydrogen (secondary N) is 1. The van der Waals surface area contributed by atoms with Crippen LogP contribution in [0, 0.1) is 5.41 Å². The molecule has 0 aromatic heterocycles. The average molecular weight is 283 g/mol. The number of amidine groups is 1. The lowest BCUT2D eigenvalue weighted by atomic mass is 10.1. The van der Waals surface area contributed by atoms with Gasteiger partial charge in [0.2, 0.25) is 0 Å². The van der Waals surface area contributed by atoms with Gasteiger partial charge in [-0.15, -0.1) is 0 Å². The third kappa shape index (κ3) is 5.11. The largest absolute Gasteiger partial charge is 0.490 e.